The Morgan fingerprint density at radius 1 is 0.732 bits per heavy atom. The molecule has 15 heteroatoms. The summed E-state index contributed by atoms with van der Waals surface area (Å²) in [5.41, 5.74) is 9.72. The second-order valence-corrected chi connectivity index (χ2v) is 22.5. The predicted molar refractivity (Wildman–Crippen MR) is 291 cm³/mol. The number of amides is 1. The van der Waals surface area contributed by atoms with Gasteiger partial charge in [-0.1, -0.05) is 54.1 Å². The molecule has 1 atom stereocenters. The number of aromatic nitrogens is 1. The Morgan fingerprint density at radius 2 is 1.38 bits per heavy atom. The second-order valence-electron chi connectivity index (χ2n) is 19.3. The quantitative estimate of drug-likeness (QED) is 0.0695. The molecule has 9 rings (SSSR count). The molecule has 1 aromatic heterocycles. The van der Waals surface area contributed by atoms with Gasteiger partial charge in [-0.3, -0.25) is 9.52 Å². The molecular weight excluding hydrogens is 950 g/mol. The van der Waals surface area contributed by atoms with Crippen molar-refractivity contribution in [2.24, 2.45) is 7.05 Å². The Balaban J connectivity index is 0.843. The predicted octanol–water partition coefficient (Wildman–Crippen LogP) is 9.77. The van der Waals surface area contributed by atoms with E-state index < -0.39 is 10.0 Å². The van der Waals surface area contributed by atoms with Crippen molar-refractivity contribution >= 4 is 62.0 Å². The minimum absolute atomic E-state index is 0.0173. The highest BCUT2D eigenvalue weighted by Crippen LogP contribution is 2.41. The Hall–Kier alpha value is -5.48. The number of carbonyl (C=O) groups excluding carboxylic acids is 1. The number of halogens is 1. The van der Waals surface area contributed by atoms with Crippen LogP contribution in [-0.2, 0) is 17.1 Å². The van der Waals surface area contributed by atoms with E-state index in [2.05, 4.69) is 77.8 Å². The number of aliphatic hydroxyl groups excluding tert-OH is 2. The van der Waals surface area contributed by atoms with Gasteiger partial charge in [0.15, 0.2) is 0 Å². The van der Waals surface area contributed by atoms with Gasteiger partial charge in [0.1, 0.15) is 0 Å². The highest BCUT2D eigenvalue weighted by Gasteiger charge is 2.31. The molecule has 0 aliphatic carbocycles. The molecule has 0 unspecified atom stereocenters. The van der Waals surface area contributed by atoms with Gasteiger partial charge < -0.3 is 39.7 Å². The van der Waals surface area contributed by atoms with Crippen LogP contribution in [0.1, 0.15) is 53.7 Å². The zero-order chi connectivity index (χ0) is 49.6. The van der Waals surface area contributed by atoms with Crippen molar-refractivity contribution in [2.75, 3.05) is 84.5 Å². The molecule has 12 nitrogen and oxygen atoms in total. The molecule has 3 aliphatic rings. The Kier molecular flexibility index (Phi) is 16.0. The Bertz CT molecular complexity index is 2880. The van der Waals surface area contributed by atoms with Gasteiger partial charge in [-0.2, -0.15) is 0 Å². The molecule has 0 radical (unpaired) electrons. The lowest BCUT2D eigenvalue weighted by Gasteiger charge is -2.37. The molecule has 4 N–H and O–H groups in total. The van der Waals surface area contributed by atoms with E-state index >= 15 is 0 Å². The van der Waals surface area contributed by atoms with E-state index in [4.69, 9.17) is 11.6 Å². The van der Waals surface area contributed by atoms with E-state index in [1.165, 1.54) is 4.90 Å². The van der Waals surface area contributed by atoms with Gasteiger partial charge in [0.05, 0.1) is 28.4 Å². The van der Waals surface area contributed by atoms with Crippen molar-refractivity contribution in [3.05, 3.63) is 143 Å². The number of nitrogens with zero attached hydrogens (tertiary/aromatic N) is 5. The normalized spacial score (nSPS) is 16.8. The third kappa shape index (κ3) is 12.1. The van der Waals surface area contributed by atoms with Crippen molar-refractivity contribution < 1.29 is 23.4 Å². The van der Waals surface area contributed by atoms with Crippen molar-refractivity contribution in [3.63, 3.8) is 0 Å². The summed E-state index contributed by atoms with van der Waals surface area (Å²) in [5, 5.41) is 24.6. The number of piperidine rings is 2. The van der Waals surface area contributed by atoms with Crippen LogP contribution in [0.15, 0.2) is 131 Å². The second kappa shape index (κ2) is 22.5. The van der Waals surface area contributed by atoms with Crippen molar-refractivity contribution in [3.8, 4) is 22.4 Å². The highest BCUT2D eigenvalue weighted by atomic mass is 35.5. The molecule has 3 saturated heterocycles. The largest absolute Gasteiger partial charge is 0.393 e. The van der Waals surface area contributed by atoms with Gasteiger partial charge >= 0.3 is 0 Å². The summed E-state index contributed by atoms with van der Waals surface area (Å²) in [6.07, 6.45) is 3.10. The molecule has 374 valence electrons. The first-order chi connectivity index (χ1) is 34.3. The van der Waals surface area contributed by atoms with Crippen LogP contribution in [-0.4, -0.2) is 122 Å². The number of hydrogen-bond acceptors (Lipinski definition) is 10. The van der Waals surface area contributed by atoms with E-state index in [0.717, 1.165) is 122 Å². The lowest BCUT2D eigenvalue weighted by atomic mass is 9.95. The summed E-state index contributed by atoms with van der Waals surface area (Å²) < 4.78 is 32.5. The van der Waals surface area contributed by atoms with Crippen LogP contribution < -0.4 is 19.8 Å². The first-order valence-corrected chi connectivity index (χ1v) is 27.8. The SMILES string of the molecule is Cc1cc(S(=O)(=O)Nc2ccc(N3CCN(c4cccc(-c5c(C(=O)N6CCC(O)CC6)c(C)n(C)c5-c5ccc(Cl)cc5)c4)CC3)cc2)ccc1N[C@H](CCN1CCC(O)CC1)CSc1ccccc1. The van der Waals surface area contributed by atoms with Gasteiger partial charge in [-0.25, -0.2) is 8.42 Å². The average molecular weight is 1020 g/mol. The average Bonchev–Trinajstić information content (AvgIpc) is 3.65. The number of aliphatic hydroxyl groups is 2. The molecule has 0 spiro atoms. The summed E-state index contributed by atoms with van der Waals surface area (Å²) in [6, 6.07) is 39.7. The van der Waals surface area contributed by atoms with Gasteiger partial charge in [0.2, 0.25) is 0 Å². The van der Waals surface area contributed by atoms with Crippen molar-refractivity contribution in [1.29, 1.82) is 0 Å². The summed E-state index contributed by atoms with van der Waals surface area (Å²) in [5.74, 6) is 0.845. The smallest absolute Gasteiger partial charge is 0.261 e. The van der Waals surface area contributed by atoms with Crippen LogP contribution >= 0.6 is 23.4 Å². The first kappa shape index (κ1) is 50.5. The van der Waals surface area contributed by atoms with Gasteiger partial charge in [-0.15, -0.1) is 11.8 Å². The van der Waals surface area contributed by atoms with E-state index in [-0.39, 0.29) is 29.1 Å². The van der Waals surface area contributed by atoms with Crippen LogP contribution in [0.5, 0.6) is 0 Å². The number of anilines is 4. The number of hydrogen-bond donors (Lipinski definition) is 4. The fraction of sp³-hybridized carbons (Fsp3) is 0.375. The number of thioether (sulfide) groups is 1. The minimum Gasteiger partial charge on any atom is -0.393 e. The molecule has 0 bridgehead atoms. The number of carbonyl (C=O) groups is 1. The fourth-order valence-electron chi connectivity index (χ4n) is 10.1. The number of piperazine rings is 1. The van der Waals surface area contributed by atoms with Crippen LogP contribution in [0.2, 0.25) is 5.02 Å². The molecule has 71 heavy (non-hydrogen) atoms. The number of benzene rings is 5. The molecule has 3 aliphatic heterocycles. The lowest BCUT2D eigenvalue weighted by Crippen LogP contribution is -2.46. The Labute approximate surface area is 428 Å². The monoisotopic (exact) mass is 1020 g/mol. The van der Waals surface area contributed by atoms with E-state index in [0.29, 0.717) is 42.2 Å². The van der Waals surface area contributed by atoms with Gasteiger partial charge in [0.25, 0.3) is 15.9 Å². The zero-order valence-electron chi connectivity index (χ0n) is 40.9. The third-order valence-corrected chi connectivity index (χ3v) is 17.3. The maximum atomic E-state index is 14.4. The summed E-state index contributed by atoms with van der Waals surface area (Å²) >= 11 is 8.15. The summed E-state index contributed by atoms with van der Waals surface area (Å²) in [6.45, 7) is 10.8. The first-order valence-electron chi connectivity index (χ1n) is 24.9. The molecular formula is C56H66ClN7O5S2. The van der Waals surface area contributed by atoms with E-state index in [1.54, 1.807) is 12.1 Å². The Morgan fingerprint density at radius 3 is 2.04 bits per heavy atom. The van der Waals surface area contributed by atoms with E-state index in [1.807, 2.05) is 98.2 Å². The van der Waals surface area contributed by atoms with Crippen molar-refractivity contribution in [2.45, 2.75) is 74.0 Å². The van der Waals surface area contributed by atoms with Crippen LogP contribution in [0.25, 0.3) is 22.4 Å². The summed E-state index contributed by atoms with van der Waals surface area (Å²) in [7, 11) is -1.85. The highest BCUT2D eigenvalue weighted by molar-refractivity contribution is 7.99. The van der Waals surface area contributed by atoms with Crippen molar-refractivity contribution in [1.82, 2.24) is 14.4 Å². The number of aryl methyl sites for hydroxylation is 1. The molecule has 1 amide bonds. The van der Waals surface area contributed by atoms with Crippen LogP contribution in [0.3, 0.4) is 0 Å². The lowest BCUT2D eigenvalue weighted by molar-refractivity contribution is 0.0546. The number of likely N-dealkylation sites (tertiary alicyclic amines) is 2. The third-order valence-electron chi connectivity index (χ3n) is 14.4. The maximum absolute atomic E-state index is 14.4. The molecule has 4 heterocycles. The van der Waals surface area contributed by atoms with E-state index in [9.17, 15) is 23.4 Å². The topological polar surface area (TPSA) is 134 Å². The number of rotatable bonds is 16. The van der Waals surface area contributed by atoms with Crippen LogP contribution in [0, 0.1) is 13.8 Å². The van der Waals surface area contributed by atoms with Crippen LogP contribution in [0.4, 0.5) is 22.7 Å². The standard InChI is InChI=1S/C56H66ClN7O5S2/c1-39-36-51(20-21-52(39)58-45(38-70-50-10-5-4-6-11-50)22-27-61-28-23-48(65)24-29-61)71(68,69)59-44-16-18-46(19-17-44)62-32-34-63(35-33-62)47-9-7-8-42(37-47)54-53(56(67)64-30-25-49(66)26-31-64)40(2)60(3)55(54)41-12-14-43(57)15-13-41/h4-21,36-37,45,48-49,58-59,65-66H,22-35,38H2,1-3H3/t45-/m1/s1. The molecule has 0 saturated carbocycles. The minimum atomic E-state index is -3.86. The van der Waals surface area contributed by atoms with Gasteiger partial charge in [-0.05, 0) is 142 Å². The summed E-state index contributed by atoms with van der Waals surface area (Å²) in [4.78, 5) is 24.8. The van der Waals surface area contributed by atoms with Gasteiger partial charge in [0, 0.05) is 122 Å². The zero-order valence-corrected chi connectivity index (χ0v) is 43.3. The fourth-order valence-corrected chi connectivity index (χ4v) is 12.4. The maximum Gasteiger partial charge on any atom is 0.261 e. The molecule has 6 aromatic rings. The molecule has 5 aromatic carbocycles. The molecule has 3 fully saturated rings. The number of nitrogens with one attached hydrogen (secondary N) is 2. The number of sulfonamides is 1.